The van der Waals surface area contributed by atoms with E-state index in [0.29, 0.717) is 23.4 Å². The van der Waals surface area contributed by atoms with Crippen molar-refractivity contribution in [2.24, 2.45) is 5.73 Å². The first-order valence-electron chi connectivity index (χ1n) is 6.08. The van der Waals surface area contributed by atoms with Gasteiger partial charge < -0.3 is 10.5 Å². The van der Waals surface area contributed by atoms with Gasteiger partial charge in [0.1, 0.15) is 5.75 Å². The van der Waals surface area contributed by atoms with E-state index in [9.17, 15) is 0 Å². The molecule has 0 aliphatic rings. The van der Waals surface area contributed by atoms with E-state index in [-0.39, 0.29) is 0 Å². The van der Waals surface area contributed by atoms with Gasteiger partial charge in [0.2, 0.25) is 0 Å². The Bertz CT molecular complexity index is 377. The van der Waals surface area contributed by atoms with Gasteiger partial charge in [-0.15, -0.1) is 0 Å². The minimum absolute atomic E-state index is 0.396. The van der Waals surface area contributed by atoms with E-state index in [4.69, 9.17) is 22.1 Å². The van der Waals surface area contributed by atoms with Gasteiger partial charge in [-0.2, -0.15) is 0 Å². The molecule has 0 amide bonds. The molecule has 0 saturated carbocycles. The average molecular weight is 256 g/mol. The van der Waals surface area contributed by atoms with Gasteiger partial charge >= 0.3 is 0 Å². The number of ether oxygens (including phenoxy) is 1. The van der Waals surface area contributed by atoms with Crippen LogP contribution in [0.3, 0.4) is 0 Å². The van der Waals surface area contributed by atoms with E-state index in [1.807, 2.05) is 6.07 Å². The summed E-state index contributed by atoms with van der Waals surface area (Å²) in [5.41, 5.74) is 8.01. The van der Waals surface area contributed by atoms with Crippen LogP contribution in [-0.2, 0) is 0 Å². The molecule has 0 spiro atoms. The lowest BCUT2D eigenvalue weighted by Crippen LogP contribution is -2.06. The van der Waals surface area contributed by atoms with Gasteiger partial charge in [-0.3, -0.25) is 0 Å². The summed E-state index contributed by atoms with van der Waals surface area (Å²) in [7, 11) is 1.66. The highest BCUT2D eigenvalue weighted by Gasteiger charge is 2.15. The first-order valence-corrected chi connectivity index (χ1v) is 6.46. The van der Waals surface area contributed by atoms with Crippen molar-refractivity contribution in [3.8, 4) is 5.75 Å². The molecule has 1 aromatic rings. The van der Waals surface area contributed by atoms with E-state index < -0.39 is 0 Å². The Morgan fingerprint density at radius 3 is 2.41 bits per heavy atom. The Labute approximate surface area is 109 Å². The molecule has 96 valence electrons. The molecule has 1 rings (SSSR count). The van der Waals surface area contributed by atoms with E-state index in [1.54, 1.807) is 7.11 Å². The molecular formula is C14H22ClNO. The fraction of sp³-hybridized carbons (Fsp3) is 0.571. The lowest BCUT2D eigenvalue weighted by molar-refractivity contribution is 0.407. The van der Waals surface area contributed by atoms with E-state index in [1.165, 1.54) is 11.1 Å². The van der Waals surface area contributed by atoms with Crippen molar-refractivity contribution in [2.75, 3.05) is 13.7 Å². The van der Waals surface area contributed by atoms with Gasteiger partial charge in [-0.05, 0) is 42.0 Å². The van der Waals surface area contributed by atoms with Gasteiger partial charge in [0.15, 0.2) is 0 Å². The zero-order chi connectivity index (χ0) is 13.0. The molecule has 0 aromatic heterocycles. The van der Waals surface area contributed by atoms with Crippen LogP contribution in [0.1, 0.15) is 50.2 Å². The first kappa shape index (κ1) is 14.3. The van der Waals surface area contributed by atoms with E-state index in [0.717, 1.165) is 12.2 Å². The molecule has 3 heteroatoms. The zero-order valence-corrected chi connectivity index (χ0v) is 11.8. The molecule has 17 heavy (non-hydrogen) atoms. The summed E-state index contributed by atoms with van der Waals surface area (Å²) in [4.78, 5) is 0. The summed E-state index contributed by atoms with van der Waals surface area (Å²) < 4.78 is 5.38. The molecule has 2 nitrogen and oxygen atoms in total. The highest BCUT2D eigenvalue weighted by Crippen LogP contribution is 2.37. The van der Waals surface area contributed by atoms with Crippen LogP contribution in [0.15, 0.2) is 12.1 Å². The van der Waals surface area contributed by atoms with Crippen LogP contribution >= 0.6 is 11.6 Å². The van der Waals surface area contributed by atoms with Crippen molar-refractivity contribution in [3.63, 3.8) is 0 Å². The second-order valence-corrected chi connectivity index (χ2v) is 5.17. The van der Waals surface area contributed by atoms with E-state index >= 15 is 0 Å². The quantitative estimate of drug-likeness (QED) is 0.865. The van der Waals surface area contributed by atoms with Gasteiger partial charge in [0, 0.05) is 0 Å². The molecule has 1 atom stereocenters. The summed E-state index contributed by atoms with van der Waals surface area (Å²) >= 11 is 6.27. The second-order valence-electron chi connectivity index (χ2n) is 4.76. The Kier molecular flexibility index (Phi) is 5.29. The first-order chi connectivity index (χ1) is 8.01. The lowest BCUT2D eigenvalue weighted by atomic mass is 9.92. The SMILES string of the molecule is COc1c(Cl)cc(C(C)CCN)cc1C(C)C. The molecule has 0 radical (unpaired) electrons. The Morgan fingerprint density at radius 2 is 1.94 bits per heavy atom. The average Bonchev–Trinajstić information content (AvgIpc) is 2.28. The molecule has 1 aromatic carbocycles. The van der Waals surface area contributed by atoms with Crippen molar-refractivity contribution in [3.05, 3.63) is 28.3 Å². The number of benzene rings is 1. The van der Waals surface area contributed by atoms with Crippen LogP contribution in [0, 0.1) is 0 Å². The molecule has 1 unspecified atom stereocenters. The topological polar surface area (TPSA) is 35.2 Å². The van der Waals surface area contributed by atoms with Gasteiger partial charge in [-0.25, -0.2) is 0 Å². The Balaban J connectivity index is 3.19. The number of methoxy groups -OCH3 is 1. The minimum atomic E-state index is 0.396. The highest BCUT2D eigenvalue weighted by molar-refractivity contribution is 6.32. The van der Waals surface area contributed by atoms with Crippen molar-refractivity contribution in [1.29, 1.82) is 0 Å². The van der Waals surface area contributed by atoms with Crippen molar-refractivity contribution >= 4 is 11.6 Å². The molecule has 0 fully saturated rings. The third-order valence-corrected chi connectivity index (χ3v) is 3.37. The normalized spacial score (nSPS) is 12.9. The molecule has 0 aliphatic carbocycles. The fourth-order valence-electron chi connectivity index (χ4n) is 1.98. The smallest absolute Gasteiger partial charge is 0.140 e. The third-order valence-electron chi connectivity index (χ3n) is 3.09. The second kappa shape index (κ2) is 6.27. The van der Waals surface area contributed by atoms with Gasteiger partial charge in [0.05, 0.1) is 12.1 Å². The van der Waals surface area contributed by atoms with Crippen LogP contribution in [0.4, 0.5) is 0 Å². The minimum Gasteiger partial charge on any atom is -0.495 e. The standard InChI is InChI=1S/C14H22ClNO/c1-9(2)12-7-11(10(3)5-6-16)8-13(15)14(12)17-4/h7-10H,5-6,16H2,1-4H3. The highest BCUT2D eigenvalue weighted by atomic mass is 35.5. The predicted molar refractivity (Wildman–Crippen MR) is 74.2 cm³/mol. The Hall–Kier alpha value is -0.730. The summed E-state index contributed by atoms with van der Waals surface area (Å²) in [6.45, 7) is 7.16. The predicted octanol–water partition coefficient (Wildman–Crippen LogP) is 3.92. The van der Waals surface area contributed by atoms with Crippen LogP contribution in [0.25, 0.3) is 0 Å². The third kappa shape index (κ3) is 3.36. The molecule has 0 aliphatic heterocycles. The Morgan fingerprint density at radius 1 is 1.29 bits per heavy atom. The maximum Gasteiger partial charge on any atom is 0.140 e. The molecule has 0 heterocycles. The monoisotopic (exact) mass is 255 g/mol. The van der Waals surface area contributed by atoms with Crippen LogP contribution in [0.5, 0.6) is 5.75 Å². The fourth-order valence-corrected chi connectivity index (χ4v) is 2.29. The lowest BCUT2D eigenvalue weighted by Gasteiger charge is -2.18. The number of nitrogens with two attached hydrogens (primary N) is 1. The number of hydrogen-bond acceptors (Lipinski definition) is 2. The summed E-state index contributed by atoms with van der Waals surface area (Å²) in [5.74, 6) is 1.62. The summed E-state index contributed by atoms with van der Waals surface area (Å²) in [6, 6.07) is 4.18. The van der Waals surface area contributed by atoms with Crippen molar-refractivity contribution < 1.29 is 4.74 Å². The van der Waals surface area contributed by atoms with Gasteiger partial charge in [-0.1, -0.05) is 38.4 Å². The molecule has 2 N–H and O–H groups in total. The largest absolute Gasteiger partial charge is 0.495 e. The number of rotatable bonds is 5. The van der Waals surface area contributed by atoms with Gasteiger partial charge in [0.25, 0.3) is 0 Å². The molecular weight excluding hydrogens is 234 g/mol. The molecule has 0 bridgehead atoms. The number of halogens is 1. The number of hydrogen-bond donors (Lipinski definition) is 1. The maximum atomic E-state index is 6.27. The molecule has 0 saturated heterocycles. The van der Waals surface area contributed by atoms with Crippen LogP contribution < -0.4 is 10.5 Å². The summed E-state index contributed by atoms with van der Waals surface area (Å²) in [5, 5.41) is 0.692. The maximum absolute atomic E-state index is 6.27. The van der Waals surface area contributed by atoms with Crippen molar-refractivity contribution in [2.45, 2.75) is 39.0 Å². The van der Waals surface area contributed by atoms with Crippen molar-refractivity contribution in [1.82, 2.24) is 0 Å². The van der Waals surface area contributed by atoms with E-state index in [2.05, 4.69) is 26.8 Å². The zero-order valence-electron chi connectivity index (χ0n) is 11.1. The van der Waals surface area contributed by atoms with Crippen LogP contribution in [0.2, 0.25) is 5.02 Å². The summed E-state index contributed by atoms with van der Waals surface area (Å²) in [6.07, 6.45) is 0.972. The van der Waals surface area contributed by atoms with Crippen LogP contribution in [-0.4, -0.2) is 13.7 Å².